The van der Waals surface area contributed by atoms with Crippen LogP contribution < -0.4 is 4.74 Å². The van der Waals surface area contributed by atoms with Gasteiger partial charge < -0.3 is 4.74 Å². The molecule has 0 bridgehead atoms. The minimum atomic E-state index is 0.610. The third-order valence-corrected chi connectivity index (χ3v) is 2.56. The first-order chi connectivity index (χ1) is 8.74. The highest BCUT2D eigenvalue weighted by Gasteiger charge is 1.96. The van der Waals surface area contributed by atoms with Gasteiger partial charge in [0.1, 0.15) is 12.4 Å². The summed E-state index contributed by atoms with van der Waals surface area (Å²) in [7, 11) is 0. The minimum absolute atomic E-state index is 0.610. The molecule has 92 valence electrons. The zero-order valence-electron chi connectivity index (χ0n) is 10.9. The van der Waals surface area contributed by atoms with Gasteiger partial charge in [-0.3, -0.25) is 0 Å². The van der Waals surface area contributed by atoms with Gasteiger partial charge in [-0.1, -0.05) is 54.1 Å². The first-order valence-corrected chi connectivity index (χ1v) is 6.16. The lowest BCUT2D eigenvalue weighted by atomic mass is 10.1. The third-order valence-electron chi connectivity index (χ3n) is 2.56. The maximum Gasteiger partial charge on any atom is 0.120 e. The van der Waals surface area contributed by atoms with Crippen LogP contribution in [-0.2, 0) is 6.61 Å². The molecule has 0 aliphatic carbocycles. The molecule has 0 aromatic heterocycles. The molecule has 1 heteroatoms. The quantitative estimate of drug-likeness (QED) is 0.751. The van der Waals surface area contributed by atoms with E-state index in [1.807, 2.05) is 30.3 Å². The van der Waals surface area contributed by atoms with Crippen LogP contribution in [0, 0.1) is 0 Å². The van der Waals surface area contributed by atoms with Crippen molar-refractivity contribution in [3.63, 3.8) is 0 Å². The number of allylic oxidation sites excluding steroid dienone is 1. The number of hydrogen-bond acceptors (Lipinski definition) is 1. The molecule has 0 amide bonds. The largest absolute Gasteiger partial charge is 0.489 e. The van der Waals surface area contributed by atoms with Gasteiger partial charge in [-0.25, -0.2) is 0 Å². The summed E-state index contributed by atoms with van der Waals surface area (Å²) in [4.78, 5) is 0. The van der Waals surface area contributed by atoms with Crippen molar-refractivity contribution in [1.82, 2.24) is 0 Å². The van der Waals surface area contributed by atoms with Crippen molar-refractivity contribution < 1.29 is 4.74 Å². The molecule has 0 radical (unpaired) electrons. The Morgan fingerprint density at radius 1 is 1.00 bits per heavy atom. The molecule has 0 atom stereocenters. The molecule has 0 N–H and O–H groups in total. The van der Waals surface area contributed by atoms with Crippen molar-refractivity contribution in [2.45, 2.75) is 20.5 Å². The van der Waals surface area contributed by atoms with E-state index in [2.05, 4.69) is 44.2 Å². The highest BCUT2D eigenvalue weighted by Crippen LogP contribution is 2.17. The van der Waals surface area contributed by atoms with E-state index in [-0.39, 0.29) is 0 Å². The van der Waals surface area contributed by atoms with E-state index in [0.29, 0.717) is 6.61 Å². The van der Waals surface area contributed by atoms with Crippen LogP contribution in [0.1, 0.15) is 25.0 Å². The fourth-order valence-corrected chi connectivity index (χ4v) is 1.77. The van der Waals surface area contributed by atoms with Crippen LogP contribution in [0.2, 0.25) is 0 Å². The van der Waals surface area contributed by atoms with Crippen LogP contribution in [0.5, 0.6) is 5.75 Å². The summed E-state index contributed by atoms with van der Waals surface area (Å²) in [5, 5.41) is 0. The SMILES string of the molecule is CC(C)=Cc1cccc(OCc2ccccc2)c1. The summed E-state index contributed by atoms with van der Waals surface area (Å²) in [6.07, 6.45) is 2.15. The van der Waals surface area contributed by atoms with Crippen molar-refractivity contribution >= 4 is 6.08 Å². The van der Waals surface area contributed by atoms with E-state index < -0.39 is 0 Å². The number of ether oxygens (including phenoxy) is 1. The van der Waals surface area contributed by atoms with Crippen LogP contribution in [-0.4, -0.2) is 0 Å². The Morgan fingerprint density at radius 3 is 2.50 bits per heavy atom. The molecule has 0 saturated heterocycles. The Kier molecular flexibility index (Phi) is 4.19. The lowest BCUT2D eigenvalue weighted by Crippen LogP contribution is -1.94. The standard InChI is InChI=1S/C17H18O/c1-14(2)11-16-9-6-10-17(12-16)18-13-15-7-4-3-5-8-15/h3-12H,13H2,1-2H3. The Morgan fingerprint density at radius 2 is 1.78 bits per heavy atom. The fraction of sp³-hybridized carbons (Fsp3) is 0.176. The summed E-state index contributed by atoms with van der Waals surface area (Å²) in [5.41, 5.74) is 3.65. The predicted octanol–water partition coefficient (Wildman–Crippen LogP) is 4.69. The zero-order chi connectivity index (χ0) is 12.8. The molecule has 2 aromatic carbocycles. The molecule has 0 fully saturated rings. The van der Waals surface area contributed by atoms with Crippen LogP contribution >= 0.6 is 0 Å². The summed E-state index contributed by atoms with van der Waals surface area (Å²) >= 11 is 0. The van der Waals surface area contributed by atoms with Crippen LogP contribution in [0.15, 0.2) is 60.2 Å². The molecule has 0 saturated carbocycles. The first kappa shape index (κ1) is 12.4. The molecule has 0 unspecified atom stereocenters. The second-order valence-electron chi connectivity index (χ2n) is 4.57. The second kappa shape index (κ2) is 6.06. The van der Waals surface area contributed by atoms with Gasteiger partial charge in [0.15, 0.2) is 0 Å². The zero-order valence-corrected chi connectivity index (χ0v) is 10.9. The predicted molar refractivity (Wildman–Crippen MR) is 76.5 cm³/mol. The Balaban J connectivity index is 2.04. The van der Waals surface area contributed by atoms with Gasteiger partial charge in [0.05, 0.1) is 0 Å². The van der Waals surface area contributed by atoms with E-state index in [0.717, 1.165) is 5.75 Å². The van der Waals surface area contributed by atoms with Gasteiger partial charge >= 0.3 is 0 Å². The van der Waals surface area contributed by atoms with Crippen molar-refractivity contribution in [2.24, 2.45) is 0 Å². The Labute approximate surface area is 109 Å². The van der Waals surface area contributed by atoms with E-state index in [1.54, 1.807) is 0 Å². The molecular weight excluding hydrogens is 220 g/mol. The van der Waals surface area contributed by atoms with Gasteiger partial charge in [0, 0.05) is 0 Å². The van der Waals surface area contributed by atoms with Crippen molar-refractivity contribution in [3.8, 4) is 5.75 Å². The van der Waals surface area contributed by atoms with Gasteiger partial charge in [-0.15, -0.1) is 0 Å². The van der Waals surface area contributed by atoms with Gasteiger partial charge in [0.2, 0.25) is 0 Å². The molecule has 1 nitrogen and oxygen atoms in total. The third kappa shape index (κ3) is 3.77. The first-order valence-electron chi connectivity index (χ1n) is 6.16. The number of benzene rings is 2. The Bertz CT molecular complexity index is 522. The van der Waals surface area contributed by atoms with Crippen molar-refractivity contribution in [2.75, 3.05) is 0 Å². The van der Waals surface area contributed by atoms with E-state index in [9.17, 15) is 0 Å². The van der Waals surface area contributed by atoms with Crippen LogP contribution in [0.3, 0.4) is 0 Å². The van der Waals surface area contributed by atoms with Crippen molar-refractivity contribution in [3.05, 3.63) is 71.3 Å². The normalized spacial score (nSPS) is 9.89. The lowest BCUT2D eigenvalue weighted by molar-refractivity contribution is 0.306. The maximum absolute atomic E-state index is 5.79. The number of hydrogen-bond donors (Lipinski definition) is 0. The Hall–Kier alpha value is -2.02. The van der Waals surface area contributed by atoms with Crippen LogP contribution in [0.25, 0.3) is 6.08 Å². The average Bonchev–Trinajstić information content (AvgIpc) is 2.37. The molecule has 0 aliphatic rings. The van der Waals surface area contributed by atoms with E-state index >= 15 is 0 Å². The van der Waals surface area contributed by atoms with E-state index in [4.69, 9.17) is 4.74 Å². The molecule has 18 heavy (non-hydrogen) atoms. The van der Waals surface area contributed by atoms with Crippen LogP contribution in [0.4, 0.5) is 0 Å². The topological polar surface area (TPSA) is 9.23 Å². The monoisotopic (exact) mass is 238 g/mol. The molecule has 0 heterocycles. The second-order valence-corrected chi connectivity index (χ2v) is 4.57. The van der Waals surface area contributed by atoms with Crippen molar-refractivity contribution in [1.29, 1.82) is 0 Å². The molecule has 2 rings (SSSR count). The average molecular weight is 238 g/mol. The van der Waals surface area contributed by atoms with E-state index in [1.165, 1.54) is 16.7 Å². The summed E-state index contributed by atoms with van der Waals surface area (Å²) in [5.74, 6) is 0.911. The summed E-state index contributed by atoms with van der Waals surface area (Å²) in [6.45, 7) is 4.80. The molecule has 2 aromatic rings. The summed E-state index contributed by atoms with van der Waals surface area (Å²) < 4.78 is 5.79. The van der Waals surface area contributed by atoms with Gasteiger partial charge in [0.25, 0.3) is 0 Å². The maximum atomic E-state index is 5.79. The smallest absolute Gasteiger partial charge is 0.120 e. The summed E-state index contributed by atoms with van der Waals surface area (Å²) in [6, 6.07) is 18.4. The fourth-order valence-electron chi connectivity index (χ4n) is 1.77. The van der Waals surface area contributed by atoms with Gasteiger partial charge in [-0.2, -0.15) is 0 Å². The molecule has 0 aliphatic heterocycles. The minimum Gasteiger partial charge on any atom is -0.489 e. The number of rotatable bonds is 4. The lowest BCUT2D eigenvalue weighted by Gasteiger charge is -2.07. The highest BCUT2D eigenvalue weighted by atomic mass is 16.5. The highest BCUT2D eigenvalue weighted by molar-refractivity contribution is 5.53. The van der Waals surface area contributed by atoms with Gasteiger partial charge in [-0.05, 0) is 37.1 Å². The molecule has 0 spiro atoms. The molecular formula is C17H18O.